The standard InChI is InChI=1S/C54H43N2S2/c1-57(2)36-26-22-34(23-27-36)55(35-24-28-37(29-25-35)58(3,4)5)49-33-31-41-40-16-9-13-21-48(40)56-52(41)51(49)43-30-32-47-50(53(43)56)42-17-8-12-20-46(42)54(47)44-18-10-6-14-38(44)39-15-7-11-19-45(39)54/h6-33H,1-5H3/q+1. The van der Waals surface area contributed by atoms with Gasteiger partial charge >= 0.3 is 0 Å². The summed E-state index contributed by atoms with van der Waals surface area (Å²) in [6.45, 7) is 0. The Hall–Kier alpha value is -5.94. The topological polar surface area (TPSA) is 7.65 Å². The van der Waals surface area contributed by atoms with Crippen molar-refractivity contribution in [1.82, 2.24) is 4.40 Å². The second-order valence-electron chi connectivity index (χ2n) is 17.0. The van der Waals surface area contributed by atoms with Crippen molar-refractivity contribution in [3.63, 3.8) is 0 Å². The Labute approximate surface area is 344 Å². The van der Waals surface area contributed by atoms with Crippen molar-refractivity contribution in [3.8, 4) is 22.3 Å². The summed E-state index contributed by atoms with van der Waals surface area (Å²) in [4.78, 5) is 5.29. The predicted molar refractivity (Wildman–Crippen MR) is 253 cm³/mol. The molecule has 2 aliphatic rings. The zero-order valence-electron chi connectivity index (χ0n) is 33.4. The van der Waals surface area contributed by atoms with Crippen molar-refractivity contribution in [3.05, 3.63) is 192 Å². The van der Waals surface area contributed by atoms with Gasteiger partial charge in [0, 0.05) is 49.4 Å². The SMILES string of the molecule is C[S+](C)c1ccc(N(c2ccc(S(C)(C)C)cc2)c2ccc3c4ccccc4n4c5c6c(ccc5c2c34)C2(c3ccccc3-c3ccccc32)c2ccccc2-6)cc1. The first kappa shape index (κ1) is 34.1. The molecule has 2 aromatic heterocycles. The van der Waals surface area contributed by atoms with Gasteiger partial charge in [0.15, 0.2) is 4.90 Å². The lowest BCUT2D eigenvalue weighted by Gasteiger charge is -2.30. The lowest BCUT2D eigenvalue weighted by Crippen LogP contribution is -2.25. The number of rotatable bonds is 5. The number of hydrogen-bond donors (Lipinski definition) is 0. The molecule has 0 N–H and O–H groups in total. The molecular weight excluding hydrogens is 741 g/mol. The van der Waals surface area contributed by atoms with Gasteiger partial charge in [0.1, 0.15) is 12.5 Å². The highest BCUT2D eigenvalue weighted by Gasteiger charge is 2.52. The van der Waals surface area contributed by atoms with E-state index in [0.29, 0.717) is 0 Å². The fourth-order valence-electron chi connectivity index (χ4n) is 10.6. The lowest BCUT2D eigenvalue weighted by atomic mass is 9.70. The molecule has 0 bridgehead atoms. The number of benzene rings is 8. The smallest absolute Gasteiger partial charge is 0.154 e. The summed E-state index contributed by atoms with van der Waals surface area (Å²) >= 11 is 0. The molecule has 0 radical (unpaired) electrons. The third kappa shape index (κ3) is 4.37. The Morgan fingerprint density at radius 3 is 1.67 bits per heavy atom. The normalized spacial score (nSPS) is 14.2. The minimum atomic E-state index is -0.876. The molecule has 10 aromatic rings. The molecule has 2 nitrogen and oxygen atoms in total. The van der Waals surface area contributed by atoms with Gasteiger partial charge in [-0.25, -0.2) is 10.0 Å². The van der Waals surface area contributed by atoms with Crippen LogP contribution in [-0.2, 0) is 16.3 Å². The number of aromatic nitrogens is 1. The van der Waals surface area contributed by atoms with Crippen LogP contribution in [0.2, 0.25) is 0 Å². The molecule has 280 valence electrons. The molecular formula is C54H43N2S2+. The van der Waals surface area contributed by atoms with Crippen molar-refractivity contribution in [2.45, 2.75) is 15.2 Å². The van der Waals surface area contributed by atoms with Crippen LogP contribution in [0.4, 0.5) is 17.1 Å². The number of hydrogen-bond acceptors (Lipinski definition) is 1. The van der Waals surface area contributed by atoms with E-state index in [1.165, 1.54) is 109 Å². The van der Waals surface area contributed by atoms with Gasteiger partial charge in [0.2, 0.25) is 0 Å². The minimum absolute atomic E-state index is 0.174. The van der Waals surface area contributed by atoms with Gasteiger partial charge < -0.3 is 9.30 Å². The summed E-state index contributed by atoms with van der Waals surface area (Å²) in [6, 6.07) is 64.9. The van der Waals surface area contributed by atoms with Crippen molar-refractivity contribution in [2.24, 2.45) is 0 Å². The monoisotopic (exact) mass is 783 g/mol. The molecule has 12 rings (SSSR count). The van der Waals surface area contributed by atoms with Crippen molar-refractivity contribution in [1.29, 1.82) is 0 Å². The Bertz CT molecular complexity index is 3250. The van der Waals surface area contributed by atoms with Gasteiger partial charge in [-0.15, -0.1) is 0 Å². The highest BCUT2D eigenvalue weighted by Crippen LogP contribution is 2.64. The van der Waals surface area contributed by atoms with Gasteiger partial charge in [-0.1, -0.05) is 109 Å². The van der Waals surface area contributed by atoms with E-state index in [0.717, 1.165) is 0 Å². The summed E-state index contributed by atoms with van der Waals surface area (Å²) in [5, 5.41) is 5.15. The fourth-order valence-corrected chi connectivity index (χ4v) is 12.3. The first-order valence-corrected chi connectivity index (χ1v) is 25.0. The minimum Gasteiger partial charge on any atom is -0.310 e. The van der Waals surface area contributed by atoms with Crippen LogP contribution in [-0.4, -0.2) is 35.7 Å². The molecule has 0 saturated heterocycles. The third-order valence-electron chi connectivity index (χ3n) is 13.1. The molecule has 2 heterocycles. The Kier molecular flexibility index (Phi) is 7.09. The number of nitrogens with zero attached hydrogens (tertiary/aromatic N) is 2. The van der Waals surface area contributed by atoms with Crippen LogP contribution in [0.3, 0.4) is 0 Å². The van der Waals surface area contributed by atoms with E-state index in [2.05, 4.69) is 210 Å². The maximum Gasteiger partial charge on any atom is 0.154 e. The molecule has 0 atom stereocenters. The fraction of sp³-hybridized carbons (Fsp3) is 0.111. The molecule has 0 aliphatic heterocycles. The van der Waals surface area contributed by atoms with Gasteiger partial charge in [-0.2, -0.15) is 0 Å². The molecule has 8 aromatic carbocycles. The summed E-state index contributed by atoms with van der Waals surface area (Å²) < 4.78 is 2.62. The van der Waals surface area contributed by atoms with Crippen LogP contribution in [0.25, 0.3) is 60.3 Å². The molecule has 58 heavy (non-hydrogen) atoms. The maximum atomic E-state index is 2.62. The van der Waals surface area contributed by atoms with Crippen LogP contribution in [0, 0.1) is 0 Å². The third-order valence-corrected chi connectivity index (χ3v) is 16.0. The Morgan fingerprint density at radius 2 is 1.03 bits per heavy atom. The molecule has 0 unspecified atom stereocenters. The molecule has 0 saturated carbocycles. The van der Waals surface area contributed by atoms with E-state index < -0.39 is 15.4 Å². The van der Waals surface area contributed by atoms with Gasteiger partial charge in [0.25, 0.3) is 0 Å². The quantitative estimate of drug-likeness (QED) is 0.158. The summed E-state index contributed by atoms with van der Waals surface area (Å²) in [6.07, 6.45) is 11.7. The second kappa shape index (κ2) is 12.0. The van der Waals surface area contributed by atoms with Crippen molar-refractivity contribution < 1.29 is 0 Å². The first-order valence-electron chi connectivity index (χ1n) is 20.1. The average Bonchev–Trinajstić information content (AvgIpc) is 3.96. The van der Waals surface area contributed by atoms with Crippen LogP contribution in [0.1, 0.15) is 22.3 Å². The van der Waals surface area contributed by atoms with Crippen molar-refractivity contribution in [2.75, 3.05) is 36.2 Å². The van der Waals surface area contributed by atoms with E-state index in [-0.39, 0.29) is 10.9 Å². The second-order valence-corrected chi connectivity index (χ2v) is 23.2. The average molecular weight is 784 g/mol. The number of fused-ring (bicyclic) bond motifs is 17. The zero-order chi connectivity index (χ0) is 39.1. The van der Waals surface area contributed by atoms with Crippen LogP contribution in [0.15, 0.2) is 180 Å². The van der Waals surface area contributed by atoms with Crippen LogP contribution in [0.5, 0.6) is 0 Å². The molecule has 0 fully saturated rings. The zero-order valence-corrected chi connectivity index (χ0v) is 35.0. The largest absolute Gasteiger partial charge is 0.310 e. The highest BCUT2D eigenvalue weighted by atomic mass is 32.3. The van der Waals surface area contributed by atoms with Gasteiger partial charge in [-0.3, -0.25) is 0 Å². The Balaban J connectivity index is 1.23. The lowest BCUT2D eigenvalue weighted by molar-refractivity contribution is 0.794. The van der Waals surface area contributed by atoms with Crippen LogP contribution >= 0.6 is 10.0 Å². The summed E-state index contributed by atoms with van der Waals surface area (Å²) in [5.41, 5.74) is 17.8. The molecule has 1 spiro atoms. The van der Waals surface area contributed by atoms with E-state index >= 15 is 0 Å². The van der Waals surface area contributed by atoms with E-state index in [1.807, 2.05) is 0 Å². The van der Waals surface area contributed by atoms with E-state index in [1.54, 1.807) is 0 Å². The molecule has 2 aliphatic carbocycles. The number of anilines is 3. The summed E-state index contributed by atoms with van der Waals surface area (Å²) in [7, 11) is -0.702. The summed E-state index contributed by atoms with van der Waals surface area (Å²) in [5.74, 6) is 0. The van der Waals surface area contributed by atoms with E-state index in [9.17, 15) is 0 Å². The maximum absolute atomic E-state index is 2.62. The first-order chi connectivity index (χ1) is 28.3. The molecule has 0 amide bonds. The number of para-hydroxylation sites is 1. The van der Waals surface area contributed by atoms with Gasteiger partial charge in [0.05, 0.1) is 27.7 Å². The Morgan fingerprint density at radius 1 is 0.483 bits per heavy atom. The van der Waals surface area contributed by atoms with Gasteiger partial charge in [-0.05, 0) is 123 Å². The highest BCUT2D eigenvalue weighted by molar-refractivity contribution is 8.32. The van der Waals surface area contributed by atoms with Crippen molar-refractivity contribution >= 4 is 76.1 Å². The predicted octanol–water partition coefficient (Wildman–Crippen LogP) is 13.9. The molecule has 4 heteroatoms. The van der Waals surface area contributed by atoms with E-state index in [4.69, 9.17) is 0 Å². The van der Waals surface area contributed by atoms with Crippen LogP contribution < -0.4 is 4.90 Å².